The second-order valence-electron chi connectivity index (χ2n) is 6.08. The van der Waals surface area contributed by atoms with Gasteiger partial charge >= 0.3 is 0 Å². The molecule has 5 nitrogen and oxygen atoms in total. The number of benzene rings is 1. The minimum Gasteiger partial charge on any atom is -0.385 e. The summed E-state index contributed by atoms with van der Waals surface area (Å²) in [6.45, 7) is 4.25. The lowest BCUT2D eigenvalue weighted by Crippen LogP contribution is -2.44. The van der Waals surface area contributed by atoms with Gasteiger partial charge in [-0.1, -0.05) is 6.07 Å². The molecule has 0 spiro atoms. The van der Waals surface area contributed by atoms with Crippen molar-refractivity contribution in [3.63, 3.8) is 0 Å². The van der Waals surface area contributed by atoms with Gasteiger partial charge in [-0.3, -0.25) is 4.79 Å². The summed E-state index contributed by atoms with van der Waals surface area (Å²) in [5.41, 5.74) is 2.64. The van der Waals surface area contributed by atoms with Crippen molar-refractivity contribution in [3.05, 3.63) is 29.3 Å². The third kappa shape index (κ3) is 3.37. The zero-order chi connectivity index (χ0) is 15.7. The van der Waals surface area contributed by atoms with Gasteiger partial charge in [0.2, 0.25) is 0 Å². The van der Waals surface area contributed by atoms with Crippen LogP contribution in [0, 0.1) is 0 Å². The van der Waals surface area contributed by atoms with Crippen LogP contribution in [-0.4, -0.2) is 38.4 Å². The first-order valence-electron chi connectivity index (χ1n) is 7.06. The van der Waals surface area contributed by atoms with Crippen molar-refractivity contribution in [2.24, 2.45) is 0 Å². The van der Waals surface area contributed by atoms with Crippen molar-refractivity contribution in [2.45, 2.75) is 31.4 Å². The van der Waals surface area contributed by atoms with Gasteiger partial charge in [-0.25, -0.2) is 8.42 Å². The molecule has 1 amide bonds. The fourth-order valence-electron chi connectivity index (χ4n) is 2.24. The summed E-state index contributed by atoms with van der Waals surface area (Å²) in [4.78, 5) is 12.4. The lowest BCUT2D eigenvalue weighted by Gasteiger charge is -2.24. The van der Waals surface area contributed by atoms with Gasteiger partial charge in [0.05, 0.1) is 4.75 Å². The van der Waals surface area contributed by atoms with Crippen LogP contribution in [0.25, 0.3) is 0 Å². The maximum Gasteiger partial charge on any atom is 0.251 e. The minimum absolute atomic E-state index is 0.0990. The maximum absolute atomic E-state index is 12.4. The Balaban J connectivity index is 2.15. The van der Waals surface area contributed by atoms with E-state index < -0.39 is 14.6 Å². The summed E-state index contributed by atoms with van der Waals surface area (Å²) in [5.74, 6) is -0.215. The first-order chi connectivity index (χ1) is 9.72. The summed E-state index contributed by atoms with van der Waals surface area (Å²) in [5, 5.41) is 6.03. The van der Waals surface area contributed by atoms with Crippen molar-refractivity contribution in [1.29, 1.82) is 0 Å². The molecule has 0 aromatic heterocycles. The Morgan fingerprint density at radius 1 is 1.38 bits per heavy atom. The maximum atomic E-state index is 12.4. The summed E-state index contributed by atoms with van der Waals surface area (Å²) in [6, 6.07) is 5.59. The predicted molar refractivity (Wildman–Crippen MR) is 84.5 cm³/mol. The molecule has 0 unspecified atom stereocenters. The summed E-state index contributed by atoms with van der Waals surface area (Å²) in [6.07, 6.45) is 3.04. The van der Waals surface area contributed by atoms with Crippen molar-refractivity contribution >= 4 is 21.4 Å². The summed E-state index contributed by atoms with van der Waals surface area (Å²) in [7, 11) is -3.22. The van der Waals surface area contributed by atoms with Gasteiger partial charge in [-0.2, -0.15) is 0 Å². The molecule has 1 aromatic carbocycles. The molecule has 6 heteroatoms. The first kappa shape index (κ1) is 15.8. The molecule has 1 aliphatic heterocycles. The number of amides is 1. The van der Waals surface area contributed by atoms with Gasteiger partial charge in [0.15, 0.2) is 9.84 Å². The first-order valence-corrected chi connectivity index (χ1v) is 8.95. The molecule has 0 fully saturated rings. The van der Waals surface area contributed by atoms with Gasteiger partial charge in [0.25, 0.3) is 5.91 Å². The highest BCUT2D eigenvalue weighted by Crippen LogP contribution is 2.25. The lowest BCUT2D eigenvalue weighted by molar-refractivity contribution is 0.0949. The Hall–Kier alpha value is -1.56. The van der Waals surface area contributed by atoms with Crippen LogP contribution >= 0.6 is 0 Å². The van der Waals surface area contributed by atoms with Crippen LogP contribution in [-0.2, 0) is 16.3 Å². The van der Waals surface area contributed by atoms with Crippen LogP contribution in [0.4, 0.5) is 5.69 Å². The van der Waals surface area contributed by atoms with E-state index in [0.717, 1.165) is 30.6 Å². The Kier molecular flexibility index (Phi) is 4.27. The number of nitrogens with one attached hydrogen (secondary N) is 2. The Morgan fingerprint density at radius 2 is 2.10 bits per heavy atom. The average Bonchev–Trinajstić information content (AvgIpc) is 2.43. The number of hydrogen-bond donors (Lipinski definition) is 2. The van der Waals surface area contributed by atoms with Crippen molar-refractivity contribution < 1.29 is 13.2 Å². The molecule has 2 rings (SSSR count). The number of fused-ring (bicyclic) bond motifs is 1. The number of carbonyl (C=O) groups is 1. The van der Waals surface area contributed by atoms with Crippen molar-refractivity contribution in [3.8, 4) is 0 Å². The number of rotatable bonds is 4. The smallest absolute Gasteiger partial charge is 0.251 e. The van der Waals surface area contributed by atoms with Gasteiger partial charge < -0.3 is 10.6 Å². The number of hydrogen-bond acceptors (Lipinski definition) is 4. The molecule has 0 bridgehead atoms. The Bertz CT molecular complexity index is 651. The monoisotopic (exact) mass is 310 g/mol. The van der Waals surface area contributed by atoms with Crippen LogP contribution in [0.2, 0.25) is 0 Å². The average molecular weight is 310 g/mol. The molecule has 0 saturated carbocycles. The highest BCUT2D eigenvalue weighted by molar-refractivity contribution is 7.92. The standard InChI is InChI=1S/C15H22N2O3S/c1-15(2,21(3,19)20)10-17-14(18)12-6-4-8-13-11(12)7-5-9-16-13/h4,6,8,16H,5,7,9-10H2,1-3H3,(H,17,18). The van der Waals surface area contributed by atoms with E-state index in [0.29, 0.717) is 5.56 Å². The molecule has 0 aliphatic carbocycles. The molecular formula is C15H22N2O3S. The zero-order valence-corrected chi connectivity index (χ0v) is 13.5. The fourth-order valence-corrected chi connectivity index (χ4v) is 2.58. The summed E-state index contributed by atoms with van der Waals surface area (Å²) >= 11 is 0. The molecule has 1 heterocycles. The van der Waals surface area contributed by atoms with E-state index in [-0.39, 0.29) is 12.5 Å². The minimum atomic E-state index is -3.22. The van der Waals surface area contributed by atoms with Crippen LogP contribution in [0.5, 0.6) is 0 Å². The quantitative estimate of drug-likeness (QED) is 0.886. The van der Waals surface area contributed by atoms with E-state index in [1.807, 2.05) is 12.1 Å². The topological polar surface area (TPSA) is 75.3 Å². The molecule has 2 N–H and O–H groups in total. The normalized spacial score (nSPS) is 15.0. The number of carbonyl (C=O) groups excluding carboxylic acids is 1. The number of anilines is 1. The second kappa shape index (κ2) is 5.67. The highest BCUT2D eigenvalue weighted by atomic mass is 32.2. The van der Waals surface area contributed by atoms with Gasteiger partial charge in [0, 0.05) is 30.6 Å². The molecule has 21 heavy (non-hydrogen) atoms. The van der Waals surface area contributed by atoms with E-state index in [1.54, 1.807) is 19.9 Å². The van der Waals surface area contributed by atoms with Crippen molar-refractivity contribution in [1.82, 2.24) is 5.32 Å². The predicted octanol–water partition coefficient (Wildman–Crippen LogP) is 1.60. The van der Waals surface area contributed by atoms with E-state index in [1.165, 1.54) is 6.26 Å². The van der Waals surface area contributed by atoms with Crippen LogP contribution < -0.4 is 10.6 Å². The molecule has 0 radical (unpaired) electrons. The van der Waals surface area contributed by atoms with E-state index in [2.05, 4.69) is 10.6 Å². The number of sulfone groups is 1. The van der Waals surface area contributed by atoms with E-state index >= 15 is 0 Å². The fraction of sp³-hybridized carbons (Fsp3) is 0.533. The lowest BCUT2D eigenvalue weighted by atomic mass is 9.97. The van der Waals surface area contributed by atoms with Crippen LogP contribution in [0.15, 0.2) is 18.2 Å². The van der Waals surface area contributed by atoms with Crippen LogP contribution in [0.3, 0.4) is 0 Å². The Labute approximate surface area is 126 Å². The molecular weight excluding hydrogens is 288 g/mol. The highest BCUT2D eigenvalue weighted by Gasteiger charge is 2.31. The molecule has 0 saturated heterocycles. The van der Waals surface area contributed by atoms with Gasteiger partial charge in [-0.05, 0) is 44.4 Å². The molecule has 116 valence electrons. The molecule has 1 aromatic rings. The SMILES string of the molecule is CC(C)(CNC(=O)c1cccc2c1CCCN2)S(C)(=O)=O. The second-order valence-corrected chi connectivity index (χ2v) is 8.73. The molecule has 1 aliphatic rings. The largest absolute Gasteiger partial charge is 0.385 e. The molecule has 0 atom stereocenters. The van der Waals surface area contributed by atoms with Gasteiger partial charge in [-0.15, -0.1) is 0 Å². The summed E-state index contributed by atoms with van der Waals surface area (Å²) < 4.78 is 22.4. The van der Waals surface area contributed by atoms with Crippen LogP contribution in [0.1, 0.15) is 36.2 Å². The van der Waals surface area contributed by atoms with E-state index in [4.69, 9.17) is 0 Å². The van der Waals surface area contributed by atoms with Gasteiger partial charge in [0.1, 0.15) is 0 Å². The zero-order valence-electron chi connectivity index (χ0n) is 12.7. The Morgan fingerprint density at radius 3 is 2.76 bits per heavy atom. The third-order valence-electron chi connectivity index (χ3n) is 4.02. The van der Waals surface area contributed by atoms with Crippen molar-refractivity contribution in [2.75, 3.05) is 24.7 Å². The van der Waals surface area contributed by atoms with E-state index in [9.17, 15) is 13.2 Å². The third-order valence-corrected chi connectivity index (χ3v) is 6.17.